The predicted octanol–water partition coefficient (Wildman–Crippen LogP) is 5.31. The van der Waals surface area contributed by atoms with Crippen molar-refractivity contribution in [3.05, 3.63) is 58.1 Å². The van der Waals surface area contributed by atoms with E-state index in [0.717, 1.165) is 10.0 Å². The first-order valence-electron chi connectivity index (χ1n) is 7.41. The van der Waals surface area contributed by atoms with Gasteiger partial charge in [0.25, 0.3) is 5.91 Å². The Morgan fingerprint density at radius 2 is 2.00 bits per heavy atom. The van der Waals surface area contributed by atoms with E-state index >= 15 is 0 Å². The second-order valence-corrected chi connectivity index (χ2v) is 7.41. The fourth-order valence-electron chi connectivity index (χ4n) is 2.62. The van der Waals surface area contributed by atoms with Crippen molar-refractivity contribution in [2.45, 2.75) is 22.9 Å². The molecule has 132 valence electrons. The van der Waals surface area contributed by atoms with Crippen LogP contribution in [-0.2, 0) is 0 Å². The summed E-state index contributed by atoms with van der Waals surface area (Å²) in [6, 6.07) is 10.9. The molecule has 0 bridgehead atoms. The van der Waals surface area contributed by atoms with E-state index in [2.05, 4.69) is 21.2 Å². The summed E-state index contributed by atoms with van der Waals surface area (Å²) < 4.78 is 44.5. The van der Waals surface area contributed by atoms with Crippen molar-refractivity contribution in [2.24, 2.45) is 0 Å². The molecule has 2 aromatic carbocycles. The van der Waals surface area contributed by atoms with Gasteiger partial charge in [-0.3, -0.25) is 4.79 Å². The van der Waals surface area contributed by atoms with E-state index in [0.29, 0.717) is 18.8 Å². The summed E-state index contributed by atoms with van der Waals surface area (Å²) in [7, 11) is 0. The minimum atomic E-state index is -4.45. The summed E-state index contributed by atoms with van der Waals surface area (Å²) in [6.07, 6.45) is 0.545. The lowest BCUT2D eigenvalue weighted by molar-refractivity contribution is -0.0328. The number of amides is 1. The fourth-order valence-corrected chi connectivity index (χ4v) is 3.66. The van der Waals surface area contributed by atoms with E-state index < -0.39 is 11.4 Å². The first-order valence-corrected chi connectivity index (χ1v) is 9.02. The summed E-state index contributed by atoms with van der Waals surface area (Å²) in [6.45, 7) is 0.429. The number of alkyl halides is 3. The molecular formula is C17H13BrF3NO2S. The molecule has 2 aromatic rings. The highest BCUT2D eigenvalue weighted by Gasteiger charge is 2.32. The number of hydrogen-bond acceptors (Lipinski definition) is 3. The number of fused-ring (bicyclic) bond motifs is 1. The molecule has 3 rings (SSSR count). The van der Waals surface area contributed by atoms with Crippen molar-refractivity contribution in [1.82, 2.24) is 5.32 Å². The van der Waals surface area contributed by atoms with Crippen molar-refractivity contribution in [3.8, 4) is 5.75 Å². The second-order valence-electron chi connectivity index (χ2n) is 5.39. The number of benzene rings is 2. The number of thioether (sulfide) groups is 1. The molecular weight excluding hydrogens is 419 g/mol. The van der Waals surface area contributed by atoms with Gasteiger partial charge in [0, 0.05) is 21.4 Å². The van der Waals surface area contributed by atoms with Gasteiger partial charge in [-0.15, -0.1) is 0 Å². The Bertz CT molecular complexity index is 798. The SMILES string of the molecule is O=C(NC1CCOc2ccc(Br)cc21)c1ccccc1SC(F)(F)F. The normalized spacial score (nSPS) is 16.7. The Morgan fingerprint density at radius 1 is 1.24 bits per heavy atom. The van der Waals surface area contributed by atoms with E-state index in [-0.39, 0.29) is 28.3 Å². The van der Waals surface area contributed by atoms with Crippen LogP contribution in [0.25, 0.3) is 0 Å². The van der Waals surface area contributed by atoms with Crippen molar-refractivity contribution < 1.29 is 22.7 Å². The molecule has 0 saturated heterocycles. The van der Waals surface area contributed by atoms with Crippen LogP contribution in [0.4, 0.5) is 13.2 Å². The molecule has 1 amide bonds. The molecule has 1 heterocycles. The number of rotatable bonds is 3. The molecule has 25 heavy (non-hydrogen) atoms. The zero-order chi connectivity index (χ0) is 18.0. The molecule has 1 N–H and O–H groups in total. The Balaban J connectivity index is 1.84. The van der Waals surface area contributed by atoms with Crippen LogP contribution in [0.3, 0.4) is 0 Å². The predicted molar refractivity (Wildman–Crippen MR) is 92.8 cm³/mol. The largest absolute Gasteiger partial charge is 0.493 e. The highest BCUT2D eigenvalue weighted by molar-refractivity contribution is 9.10. The molecule has 1 aliphatic rings. The Labute approximate surface area is 155 Å². The Hall–Kier alpha value is -1.67. The maximum Gasteiger partial charge on any atom is 0.446 e. The number of nitrogens with one attached hydrogen (secondary N) is 1. The van der Waals surface area contributed by atoms with Gasteiger partial charge >= 0.3 is 5.51 Å². The zero-order valence-electron chi connectivity index (χ0n) is 12.8. The maximum atomic E-state index is 12.7. The van der Waals surface area contributed by atoms with Crippen LogP contribution < -0.4 is 10.1 Å². The molecule has 1 atom stereocenters. The van der Waals surface area contributed by atoms with Crippen LogP contribution in [0.2, 0.25) is 0 Å². The monoisotopic (exact) mass is 431 g/mol. The van der Waals surface area contributed by atoms with Gasteiger partial charge in [0.15, 0.2) is 0 Å². The topological polar surface area (TPSA) is 38.3 Å². The number of hydrogen-bond donors (Lipinski definition) is 1. The quantitative estimate of drug-likeness (QED) is 0.668. The van der Waals surface area contributed by atoms with Gasteiger partial charge in [-0.05, 0) is 42.1 Å². The molecule has 0 aliphatic carbocycles. The molecule has 1 unspecified atom stereocenters. The number of carbonyl (C=O) groups excluding carboxylic acids is 1. The standard InChI is InChI=1S/C17H13BrF3NO2S/c18-10-5-6-14-12(9-10)13(7-8-24-14)22-16(23)11-3-1-2-4-15(11)25-17(19,20)21/h1-6,9,13H,7-8H2,(H,22,23). The van der Waals surface area contributed by atoms with E-state index in [1.165, 1.54) is 18.2 Å². The number of halogens is 4. The van der Waals surface area contributed by atoms with Gasteiger partial charge in [0.05, 0.1) is 18.2 Å². The molecule has 3 nitrogen and oxygen atoms in total. The zero-order valence-corrected chi connectivity index (χ0v) is 15.2. The minimum Gasteiger partial charge on any atom is -0.493 e. The van der Waals surface area contributed by atoms with Gasteiger partial charge in [-0.25, -0.2) is 0 Å². The summed E-state index contributed by atoms with van der Waals surface area (Å²) in [4.78, 5) is 12.5. The summed E-state index contributed by atoms with van der Waals surface area (Å²) in [5.74, 6) is 0.128. The van der Waals surface area contributed by atoms with Gasteiger partial charge in [0.1, 0.15) is 5.75 Å². The summed E-state index contributed by atoms with van der Waals surface area (Å²) in [5, 5.41) is 2.82. The van der Waals surface area contributed by atoms with Gasteiger partial charge in [-0.2, -0.15) is 13.2 Å². The van der Waals surface area contributed by atoms with Gasteiger partial charge < -0.3 is 10.1 Å². The van der Waals surface area contributed by atoms with Crippen molar-refractivity contribution in [1.29, 1.82) is 0 Å². The van der Waals surface area contributed by atoms with E-state index in [1.807, 2.05) is 12.1 Å². The first-order chi connectivity index (χ1) is 11.8. The molecule has 0 radical (unpaired) electrons. The first kappa shape index (κ1) is 18.1. The lowest BCUT2D eigenvalue weighted by atomic mass is 10.00. The van der Waals surface area contributed by atoms with E-state index in [1.54, 1.807) is 12.1 Å². The molecule has 8 heteroatoms. The Kier molecular flexibility index (Phi) is 5.29. The fraction of sp³-hybridized carbons (Fsp3) is 0.235. The second kappa shape index (κ2) is 7.29. The maximum absolute atomic E-state index is 12.7. The van der Waals surface area contributed by atoms with Crippen LogP contribution in [0.15, 0.2) is 51.8 Å². The molecule has 1 aliphatic heterocycles. The van der Waals surface area contributed by atoms with Crippen LogP contribution in [0.1, 0.15) is 28.4 Å². The lowest BCUT2D eigenvalue weighted by Gasteiger charge is -2.27. The van der Waals surface area contributed by atoms with E-state index in [9.17, 15) is 18.0 Å². The summed E-state index contributed by atoms with van der Waals surface area (Å²) in [5.41, 5.74) is -3.64. The van der Waals surface area contributed by atoms with Crippen molar-refractivity contribution in [3.63, 3.8) is 0 Å². The molecule has 0 aromatic heterocycles. The average Bonchev–Trinajstić information content (AvgIpc) is 2.54. The number of carbonyl (C=O) groups is 1. The minimum absolute atomic E-state index is 0.00728. The smallest absolute Gasteiger partial charge is 0.446 e. The number of ether oxygens (including phenoxy) is 1. The third-order valence-electron chi connectivity index (χ3n) is 3.67. The van der Waals surface area contributed by atoms with Crippen molar-refractivity contribution in [2.75, 3.05) is 6.61 Å². The summed E-state index contributed by atoms with van der Waals surface area (Å²) >= 11 is 3.09. The lowest BCUT2D eigenvalue weighted by Crippen LogP contribution is -2.32. The van der Waals surface area contributed by atoms with Crippen LogP contribution in [0.5, 0.6) is 5.75 Å². The van der Waals surface area contributed by atoms with Gasteiger partial charge in [-0.1, -0.05) is 28.1 Å². The highest BCUT2D eigenvalue weighted by Crippen LogP contribution is 2.39. The van der Waals surface area contributed by atoms with Crippen molar-refractivity contribution >= 4 is 33.6 Å². The third-order valence-corrected chi connectivity index (χ3v) is 4.97. The molecule has 0 saturated carbocycles. The average molecular weight is 432 g/mol. The van der Waals surface area contributed by atoms with E-state index in [4.69, 9.17) is 4.74 Å². The third kappa shape index (κ3) is 4.49. The van der Waals surface area contributed by atoms with Crippen LogP contribution in [-0.4, -0.2) is 18.0 Å². The molecule has 0 spiro atoms. The Morgan fingerprint density at radius 3 is 2.76 bits per heavy atom. The van der Waals surface area contributed by atoms with Crippen LogP contribution >= 0.6 is 27.7 Å². The van der Waals surface area contributed by atoms with Gasteiger partial charge in [0.2, 0.25) is 0 Å². The highest BCUT2D eigenvalue weighted by atomic mass is 79.9. The van der Waals surface area contributed by atoms with Crippen LogP contribution in [0, 0.1) is 0 Å². The molecule has 0 fully saturated rings.